The summed E-state index contributed by atoms with van der Waals surface area (Å²) in [5, 5.41) is 14.0. The topological polar surface area (TPSA) is 61.6 Å². The van der Waals surface area contributed by atoms with Gasteiger partial charge in [-0.05, 0) is 76.6 Å². The van der Waals surface area contributed by atoms with Gasteiger partial charge in [-0.1, -0.05) is 43.6 Å². The molecule has 0 spiro atoms. The number of hydrogen-bond donors (Lipinski definition) is 2. The minimum absolute atomic E-state index is 0.0474. The van der Waals surface area contributed by atoms with E-state index in [-0.39, 0.29) is 17.6 Å². The lowest BCUT2D eigenvalue weighted by molar-refractivity contribution is 0.199. The Balaban J connectivity index is 1.85. The first-order valence-corrected chi connectivity index (χ1v) is 12.1. The molecular formula is C27H40N2O3. The van der Waals surface area contributed by atoms with E-state index in [4.69, 9.17) is 4.74 Å². The minimum atomic E-state index is -0.456. The number of aryl methyl sites for hydroxylation is 1. The zero-order valence-electron chi connectivity index (χ0n) is 20.2. The van der Waals surface area contributed by atoms with Gasteiger partial charge in [0.15, 0.2) is 0 Å². The number of phenolic OH excluding ortho intramolecular Hbond substituents is 1. The molecule has 4 atom stereocenters. The highest BCUT2D eigenvalue weighted by Gasteiger charge is 2.32. The van der Waals surface area contributed by atoms with Crippen LogP contribution in [0.2, 0.25) is 0 Å². The van der Waals surface area contributed by atoms with Gasteiger partial charge in [-0.2, -0.15) is 0 Å². The summed E-state index contributed by atoms with van der Waals surface area (Å²) in [5.41, 5.74) is 4.09. The molecule has 1 heterocycles. The van der Waals surface area contributed by atoms with Crippen LogP contribution >= 0.6 is 0 Å². The summed E-state index contributed by atoms with van der Waals surface area (Å²) in [5.74, 6) is 0.851. The zero-order chi connectivity index (χ0) is 23.3. The average Bonchev–Trinajstić information content (AvgIpc) is 3.42. The van der Waals surface area contributed by atoms with Crippen LogP contribution in [0.15, 0.2) is 35.9 Å². The molecule has 0 aromatic heterocycles. The Morgan fingerprint density at radius 3 is 2.75 bits per heavy atom. The minimum Gasteiger partial charge on any atom is -0.507 e. The SMILES string of the molecule is C=C(C)[C@@H]1CCC(C)=C[C@H]1c1c(O)cc(CCCCC)cc1OC(=O)NCCC1CN1C. The summed E-state index contributed by atoms with van der Waals surface area (Å²) in [7, 11) is 2.08. The van der Waals surface area contributed by atoms with Gasteiger partial charge in [0.2, 0.25) is 0 Å². The summed E-state index contributed by atoms with van der Waals surface area (Å²) < 4.78 is 5.84. The van der Waals surface area contributed by atoms with Crippen LogP contribution in [0.4, 0.5) is 4.79 Å². The fourth-order valence-electron chi connectivity index (χ4n) is 4.79. The molecule has 1 saturated heterocycles. The average molecular weight is 441 g/mol. The van der Waals surface area contributed by atoms with Crippen LogP contribution in [0.25, 0.3) is 0 Å². The molecule has 5 heteroatoms. The molecule has 1 aromatic rings. The molecule has 0 radical (unpaired) electrons. The molecule has 2 N–H and O–H groups in total. The maximum Gasteiger partial charge on any atom is 0.412 e. The molecule has 1 aromatic carbocycles. The van der Waals surface area contributed by atoms with Crippen LogP contribution in [-0.2, 0) is 6.42 Å². The van der Waals surface area contributed by atoms with Crippen LogP contribution in [0.5, 0.6) is 11.5 Å². The molecule has 0 saturated carbocycles. The van der Waals surface area contributed by atoms with Gasteiger partial charge in [-0.15, -0.1) is 0 Å². The first-order valence-electron chi connectivity index (χ1n) is 12.1. The van der Waals surface area contributed by atoms with Crippen LogP contribution in [0.3, 0.4) is 0 Å². The van der Waals surface area contributed by atoms with E-state index >= 15 is 0 Å². The molecule has 1 fully saturated rings. The number of ether oxygens (including phenoxy) is 1. The number of allylic oxidation sites excluding steroid dienone is 3. The third kappa shape index (κ3) is 6.38. The van der Waals surface area contributed by atoms with Crippen LogP contribution in [-0.4, -0.2) is 42.3 Å². The van der Waals surface area contributed by atoms with Gasteiger partial charge in [0.05, 0.1) is 0 Å². The predicted molar refractivity (Wildman–Crippen MR) is 130 cm³/mol. The van der Waals surface area contributed by atoms with Gasteiger partial charge in [0.25, 0.3) is 0 Å². The van der Waals surface area contributed by atoms with E-state index in [9.17, 15) is 9.90 Å². The monoisotopic (exact) mass is 440 g/mol. The lowest BCUT2D eigenvalue weighted by Crippen LogP contribution is -2.29. The second-order valence-electron chi connectivity index (χ2n) is 9.71. The van der Waals surface area contributed by atoms with Crippen molar-refractivity contribution in [1.82, 2.24) is 10.2 Å². The molecule has 1 aliphatic heterocycles. The third-order valence-electron chi connectivity index (χ3n) is 6.90. The van der Waals surface area contributed by atoms with E-state index in [1.165, 1.54) is 5.57 Å². The molecule has 2 unspecified atom stereocenters. The number of nitrogens with one attached hydrogen (secondary N) is 1. The summed E-state index contributed by atoms with van der Waals surface area (Å²) in [4.78, 5) is 14.9. The molecular weight excluding hydrogens is 400 g/mol. The van der Waals surface area contributed by atoms with Crippen LogP contribution in [0, 0.1) is 5.92 Å². The van der Waals surface area contributed by atoms with Gasteiger partial charge < -0.3 is 20.1 Å². The highest BCUT2D eigenvalue weighted by atomic mass is 16.6. The number of benzene rings is 1. The number of phenols is 1. The maximum atomic E-state index is 12.6. The smallest absolute Gasteiger partial charge is 0.412 e. The Bertz CT molecular complexity index is 861. The van der Waals surface area contributed by atoms with E-state index in [0.29, 0.717) is 23.9 Å². The predicted octanol–water partition coefficient (Wildman–Crippen LogP) is 5.93. The Labute approximate surface area is 193 Å². The molecule has 1 aliphatic carbocycles. The number of rotatable bonds is 10. The lowest BCUT2D eigenvalue weighted by Gasteiger charge is -2.32. The van der Waals surface area contributed by atoms with Gasteiger partial charge in [-0.25, -0.2) is 4.79 Å². The van der Waals surface area contributed by atoms with Gasteiger partial charge in [0, 0.05) is 30.6 Å². The Hall–Kier alpha value is -2.27. The van der Waals surface area contributed by atoms with Crippen LogP contribution < -0.4 is 10.1 Å². The van der Waals surface area contributed by atoms with Gasteiger partial charge in [0.1, 0.15) is 11.5 Å². The van der Waals surface area contributed by atoms with Crippen molar-refractivity contribution in [2.75, 3.05) is 20.1 Å². The number of hydrogen-bond acceptors (Lipinski definition) is 4. The Kier molecular flexibility index (Phi) is 8.41. The summed E-state index contributed by atoms with van der Waals surface area (Å²) in [6, 6.07) is 4.36. The van der Waals surface area contributed by atoms with Crippen molar-refractivity contribution in [3.63, 3.8) is 0 Å². The third-order valence-corrected chi connectivity index (χ3v) is 6.90. The summed E-state index contributed by atoms with van der Waals surface area (Å²) in [6.45, 7) is 12.2. The fraction of sp³-hybridized carbons (Fsp3) is 0.593. The first-order chi connectivity index (χ1) is 15.3. The van der Waals surface area contributed by atoms with E-state index in [0.717, 1.165) is 62.6 Å². The zero-order valence-corrected chi connectivity index (χ0v) is 20.2. The van der Waals surface area contributed by atoms with Gasteiger partial charge in [-0.3, -0.25) is 0 Å². The highest BCUT2D eigenvalue weighted by Crippen LogP contribution is 2.47. The molecule has 176 valence electrons. The number of amides is 1. The lowest BCUT2D eigenvalue weighted by atomic mass is 9.73. The quantitative estimate of drug-likeness (QED) is 0.269. The van der Waals surface area contributed by atoms with Crippen molar-refractivity contribution in [1.29, 1.82) is 0 Å². The Morgan fingerprint density at radius 2 is 2.09 bits per heavy atom. The van der Waals surface area contributed by atoms with Crippen molar-refractivity contribution in [2.24, 2.45) is 5.92 Å². The van der Waals surface area contributed by atoms with E-state index in [1.807, 2.05) is 19.1 Å². The standard InChI is InChI=1S/C27H40N2O3/c1-6-7-8-9-20-15-24(30)26(23-14-19(4)10-11-22(23)18(2)3)25(16-20)32-27(31)28-13-12-21-17-29(21)5/h14-16,21-23,30H,2,6-13,17H2,1,3-5H3,(H,28,31)/t21?,22-,23+,29?/m0/s1. The number of carbonyl (C=O) groups is 1. The number of nitrogens with zero attached hydrogens (tertiary/aromatic N) is 1. The molecule has 1 amide bonds. The highest BCUT2D eigenvalue weighted by molar-refractivity contribution is 5.72. The van der Waals surface area contributed by atoms with Crippen molar-refractivity contribution >= 4 is 6.09 Å². The van der Waals surface area contributed by atoms with Gasteiger partial charge >= 0.3 is 6.09 Å². The van der Waals surface area contributed by atoms with E-state index in [2.05, 4.69) is 43.8 Å². The number of unbranched alkanes of at least 4 members (excludes halogenated alkanes) is 2. The fourth-order valence-corrected chi connectivity index (χ4v) is 4.79. The van der Waals surface area contributed by atoms with Crippen LogP contribution in [0.1, 0.15) is 76.3 Å². The van der Waals surface area contributed by atoms with E-state index in [1.54, 1.807) is 0 Å². The van der Waals surface area contributed by atoms with Crippen molar-refractivity contribution in [3.8, 4) is 11.5 Å². The molecule has 2 aliphatic rings. The normalized spacial score (nSPS) is 24.6. The number of carbonyl (C=O) groups excluding carboxylic acids is 1. The molecule has 5 nitrogen and oxygen atoms in total. The second-order valence-corrected chi connectivity index (χ2v) is 9.71. The maximum absolute atomic E-state index is 12.6. The van der Waals surface area contributed by atoms with Crippen molar-refractivity contribution < 1.29 is 14.6 Å². The second kappa shape index (κ2) is 11.0. The Morgan fingerprint density at radius 1 is 1.34 bits per heavy atom. The first kappa shape index (κ1) is 24.4. The number of aromatic hydroxyl groups is 1. The van der Waals surface area contributed by atoms with Crippen molar-refractivity contribution in [3.05, 3.63) is 47.1 Å². The largest absolute Gasteiger partial charge is 0.507 e. The van der Waals surface area contributed by atoms with Crippen molar-refractivity contribution in [2.45, 2.75) is 77.7 Å². The molecule has 32 heavy (non-hydrogen) atoms. The summed E-state index contributed by atoms with van der Waals surface area (Å²) >= 11 is 0. The van der Waals surface area contributed by atoms with E-state index < -0.39 is 6.09 Å². The molecule has 0 bridgehead atoms. The number of likely N-dealkylation sites (N-methyl/N-ethyl adjacent to an activating group) is 1. The summed E-state index contributed by atoms with van der Waals surface area (Å²) in [6.07, 6.45) is 8.87. The molecule has 3 rings (SSSR count).